The first-order valence-electron chi connectivity index (χ1n) is 6.24. The third-order valence-electron chi connectivity index (χ3n) is 2.83. The summed E-state index contributed by atoms with van der Waals surface area (Å²) in [6.45, 7) is 10.2. The fraction of sp³-hybridized carbons (Fsp3) is 0.714. The molecule has 0 aliphatic rings. The number of amides is 1. The van der Waals surface area contributed by atoms with E-state index >= 15 is 0 Å². The Morgan fingerprint density at radius 3 is 2.12 bits per heavy atom. The summed E-state index contributed by atoms with van der Waals surface area (Å²) in [6, 6.07) is 2.25. The lowest BCUT2D eigenvalue weighted by atomic mass is 9.79. The molecule has 0 N–H and O–H groups in total. The molecule has 0 radical (unpaired) electrons. The average molecular weight is 236 g/mol. The van der Waals surface area contributed by atoms with E-state index in [-0.39, 0.29) is 5.91 Å². The van der Waals surface area contributed by atoms with Crippen LogP contribution in [0.3, 0.4) is 0 Å². The van der Waals surface area contributed by atoms with Crippen molar-refractivity contribution >= 4 is 5.91 Å². The van der Waals surface area contributed by atoms with Gasteiger partial charge >= 0.3 is 0 Å². The smallest absolute Gasteiger partial charge is 0.243 e. The van der Waals surface area contributed by atoms with E-state index in [0.717, 1.165) is 18.4 Å². The van der Waals surface area contributed by atoms with Crippen molar-refractivity contribution in [1.82, 2.24) is 4.90 Å². The van der Waals surface area contributed by atoms with Gasteiger partial charge in [-0.15, -0.1) is 0 Å². The summed E-state index contributed by atoms with van der Waals surface area (Å²) >= 11 is 0. The molecule has 96 valence electrons. The molecule has 0 atom stereocenters. The summed E-state index contributed by atoms with van der Waals surface area (Å²) < 4.78 is 0. The van der Waals surface area contributed by atoms with Gasteiger partial charge in [0.2, 0.25) is 5.91 Å². The van der Waals surface area contributed by atoms with Crippen LogP contribution in [-0.4, -0.2) is 24.4 Å². The van der Waals surface area contributed by atoms with Crippen molar-refractivity contribution < 1.29 is 4.79 Å². The van der Waals surface area contributed by atoms with E-state index in [1.165, 1.54) is 0 Å². The fourth-order valence-electron chi connectivity index (χ4n) is 2.19. The van der Waals surface area contributed by atoms with Gasteiger partial charge in [0.15, 0.2) is 0 Å². The van der Waals surface area contributed by atoms with Gasteiger partial charge < -0.3 is 4.90 Å². The number of carbonyl (C=O) groups excluding carboxylic acids is 1. The average Bonchev–Trinajstić information content (AvgIpc) is 2.26. The highest BCUT2D eigenvalue weighted by atomic mass is 16.2. The Labute approximate surface area is 105 Å². The van der Waals surface area contributed by atoms with E-state index in [9.17, 15) is 10.1 Å². The quantitative estimate of drug-likeness (QED) is 0.637. The summed E-state index contributed by atoms with van der Waals surface area (Å²) in [4.78, 5) is 14.0. The summed E-state index contributed by atoms with van der Waals surface area (Å²) in [5.74, 6) is -0.0632. The molecule has 0 spiro atoms. The molecular weight excluding hydrogens is 212 g/mol. The Hall–Kier alpha value is -1.30. The van der Waals surface area contributed by atoms with Crippen molar-refractivity contribution in [3.8, 4) is 6.07 Å². The van der Waals surface area contributed by atoms with Crippen LogP contribution in [-0.2, 0) is 4.79 Å². The van der Waals surface area contributed by atoms with Gasteiger partial charge in [-0.2, -0.15) is 5.26 Å². The monoisotopic (exact) mass is 236 g/mol. The minimum Gasteiger partial charge on any atom is -0.340 e. The molecule has 1 amide bonds. The second-order valence-corrected chi connectivity index (χ2v) is 4.81. The molecule has 0 unspecified atom stereocenters. The SMILES string of the molecule is C=C(C)CN(C)C(=O)C(C#N)(CCC)CCC. The normalized spacial score (nSPS) is 10.8. The maximum atomic E-state index is 12.4. The van der Waals surface area contributed by atoms with Gasteiger partial charge in [-0.3, -0.25) is 4.79 Å². The van der Waals surface area contributed by atoms with Gasteiger partial charge in [0.1, 0.15) is 5.41 Å². The lowest BCUT2D eigenvalue weighted by Crippen LogP contribution is -2.42. The third kappa shape index (κ3) is 4.22. The number of nitrogens with zero attached hydrogens (tertiary/aromatic N) is 2. The second-order valence-electron chi connectivity index (χ2n) is 4.81. The summed E-state index contributed by atoms with van der Waals surface area (Å²) in [7, 11) is 1.74. The van der Waals surface area contributed by atoms with Gasteiger partial charge in [-0.25, -0.2) is 0 Å². The van der Waals surface area contributed by atoms with Crippen LogP contribution in [0.2, 0.25) is 0 Å². The Morgan fingerprint density at radius 2 is 1.82 bits per heavy atom. The van der Waals surface area contributed by atoms with Gasteiger partial charge in [0.25, 0.3) is 0 Å². The summed E-state index contributed by atoms with van der Waals surface area (Å²) in [5, 5.41) is 9.37. The number of rotatable bonds is 7. The molecule has 0 aromatic rings. The van der Waals surface area contributed by atoms with Crippen molar-refractivity contribution in [3.05, 3.63) is 12.2 Å². The molecule has 0 bridgehead atoms. The Balaban J connectivity index is 4.97. The van der Waals surface area contributed by atoms with Crippen molar-refractivity contribution in [2.24, 2.45) is 5.41 Å². The Kier molecular flexibility index (Phi) is 6.57. The first-order valence-corrected chi connectivity index (χ1v) is 6.24. The summed E-state index contributed by atoms with van der Waals surface area (Å²) in [6.07, 6.45) is 2.97. The zero-order valence-electron chi connectivity index (χ0n) is 11.5. The van der Waals surface area contributed by atoms with Crippen LogP contribution >= 0.6 is 0 Å². The number of hydrogen-bond acceptors (Lipinski definition) is 2. The molecule has 0 fully saturated rings. The highest BCUT2D eigenvalue weighted by Gasteiger charge is 2.38. The van der Waals surface area contributed by atoms with E-state index in [2.05, 4.69) is 12.6 Å². The molecule has 0 heterocycles. The van der Waals surface area contributed by atoms with E-state index in [0.29, 0.717) is 19.4 Å². The summed E-state index contributed by atoms with van der Waals surface area (Å²) in [5.41, 5.74) is 0.0916. The Morgan fingerprint density at radius 1 is 1.35 bits per heavy atom. The number of nitriles is 1. The van der Waals surface area contributed by atoms with Crippen LogP contribution in [0.25, 0.3) is 0 Å². The van der Waals surface area contributed by atoms with Crippen LogP contribution in [0.5, 0.6) is 0 Å². The number of hydrogen-bond donors (Lipinski definition) is 0. The first-order chi connectivity index (χ1) is 7.93. The van der Waals surface area contributed by atoms with Crippen LogP contribution in [0, 0.1) is 16.7 Å². The van der Waals surface area contributed by atoms with Crippen molar-refractivity contribution in [2.45, 2.75) is 46.5 Å². The molecule has 3 nitrogen and oxygen atoms in total. The molecule has 0 aliphatic carbocycles. The largest absolute Gasteiger partial charge is 0.340 e. The standard InChI is InChI=1S/C14H24N2O/c1-6-8-14(11-15,9-7-2)13(17)16(5)10-12(3)4/h3,6-10H2,1-2,4-5H3. The van der Waals surface area contributed by atoms with E-state index < -0.39 is 5.41 Å². The minimum absolute atomic E-state index is 0.0632. The van der Waals surface area contributed by atoms with Crippen molar-refractivity contribution in [2.75, 3.05) is 13.6 Å². The molecule has 3 heteroatoms. The van der Waals surface area contributed by atoms with Gasteiger partial charge in [-0.05, 0) is 19.8 Å². The predicted molar refractivity (Wildman–Crippen MR) is 70.3 cm³/mol. The highest BCUT2D eigenvalue weighted by Crippen LogP contribution is 2.31. The zero-order chi connectivity index (χ0) is 13.5. The zero-order valence-corrected chi connectivity index (χ0v) is 11.5. The molecule has 0 rings (SSSR count). The van der Waals surface area contributed by atoms with Crippen molar-refractivity contribution in [1.29, 1.82) is 5.26 Å². The number of likely N-dealkylation sites (N-methyl/N-ethyl adjacent to an activating group) is 1. The lowest BCUT2D eigenvalue weighted by Gasteiger charge is -2.30. The van der Waals surface area contributed by atoms with Crippen molar-refractivity contribution in [3.63, 3.8) is 0 Å². The maximum Gasteiger partial charge on any atom is 0.243 e. The molecule has 0 aliphatic heterocycles. The lowest BCUT2D eigenvalue weighted by molar-refractivity contribution is -0.138. The van der Waals surface area contributed by atoms with E-state index in [1.54, 1.807) is 11.9 Å². The molecule has 0 saturated heterocycles. The molecule has 0 saturated carbocycles. The topological polar surface area (TPSA) is 44.1 Å². The molecule has 0 aromatic carbocycles. The van der Waals surface area contributed by atoms with Crippen LogP contribution < -0.4 is 0 Å². The third-order valence-corrected chi connectivity index (χ3v) is 2.83. The highest BCUT2D eigenvalue weighted by molar-refractivity contribution is 5.85. The molecular formula is C14H24N2O. The van der Waals surface area contributed by atoms with Crippen LogP contribution in [0.1, 0.15) is 46.5 Å². The van der Waals surface area contributed by atoms with E-state index in [4.69, 9.17) is 0 Å². The number of carbonyl (C=O) groups is 1. The van der Waals surface area contributed by atoms with Crippen LogP contribution in [0.15, 0.2) is 12.2 Å². The minimum atomic E-state index is -0.840. The van der Waals surface area contributed by atoms with Crippen LogP contribution in [0.4, 0.5) is 0 Å². The first kappa shape index (κ1) is 15.7. The van der Waals surface area contributed by atoms with Gasteiger partial charge in [0, 0.05) is 13.6 Å². The Bertz CT molecular complexity index is 309. The molecule has 0 aromatic heterocycles. The maximum absolute atomic E-state index is 12.4. The predicted octanol–water partition coefficient (Wildman–Crippen LogP) is 3.13. The molecule has 17 heavy (non-hydrogen) atoms. The van der Waals surface area contributed by atoms with Gasteiger partial charge in [-0.1, -0.05) is 38.8 Å². The fourth-order valence-corrected chi connectivity index (χ4v) is 2.19. The van der Waals surface area contributed by atoms with E-state index in [1.807, 2.05) is 20.8 Å². The van der Waals surface area contributed by atoms with Gasteiger partial charge in [0.05, 0.1) is 6.07 Å². The second kappa shape index (κ2) is 7.11.